The van der Waals surface area contributed by atoms with Gasteiger partial charge < -0.3 is 15.3 Å². The van der Waals surface area contributed by atoms with Crippen molar-refractivity contribution in [2.75, 3.05) is 32.4 Å². The van der Waals surface area contributed by atoms with E-state index in [-0.39, 0.29) is 11.3 Å². The summed E-state index contributed by atoms with van der Waals surface area (Å²) in [5.41, 5.74) is 0. The molecule has 130 valence electrons. The Labute approximate surface area is 135 Å². The van der Waals surface area contributed by atoms with E-state index in [4.69, 9.17) is 0 Å². The van der Waals surface area contributed by atoms with Crippen LogP contribution in [0.3, 0.4) is 0 Å². The molecule has 0 aromatic carbocycles. The maximum atomic E-state index is 11.9. The van der Waals surface area contributed by atoms with Gasteiger partial charge in [-0.05, 0) is 44.7 Å². The molecule has 0 bridgehead atoms. The fraction of sp³-hybridized carbons (Fsp3) is 1.00. The number of hydrogen-bond donors (Lipinski definition) is 2. The van der Waals surface area contributed by atoms with Crippen LogP contribution in [0.15, 0.2) is 0 Å². The van der Waals surface area contributed by atoms with Crippen molar-refractivity contribution < 1.29 is 13.5 Å². The Bertz CT molecular complexity index is 433. The van der Waals surface area contributed by atoms with E-state index in [0.717, 1.165) is 44.7 Å². The molecule has 1 aliphatic carbocycles. The molecule has 1 saturated heterocycles. The average molecular weight is 333 g/mol. The first kappa shape index (κ1) is 18.2. The zero-order valence-electron chi connectivity index (χ0n) is 14.0. The van der Waals surface area contributed by atoms with Crippen LogP contribution in [-0.4, -0.2) is 68.3 Å². The second-order valence-electron chi connectivity index (χ2n) is 7.30. The number of likely N-dealkylation sites (tertiary alicyclic amines) is 1. The van der Waals surface area contributed by atoms with Gasteiger partial charge in [-0.15, -0.1) is 0 Å². The van der Waals surface area contributed by atoms with Crippen molar-refractivity contribution in [1.29, 1.82) is 0 Å². The van der Waals surface area contributed by atoms with Gasteiger partial charge >= 0.3 is 0 Å². The molecule has 5 nitrogen and oxygen atoms in total. The molecule has 0 amide bonds. The summed E-state index contributed by atoms with van der Waals surface area (Å²) in [6.07, 6.45) is 7.03. The van der Waals surface area contributed by atoms with Crippen LogP contribution in [0.25, 0.3) is 0 Å². The van der Waals surface area contributed by atoms with E-state index in [2.05, 4.69) is 17.1 Å². The number of β-amino-alcohol motifs (C(OH)–C–C–N with tert-alkyl or cyclic N) is 1. The van der Waals surface area contributed by atoms with Crippen molar-refractivity contribution in [3.8, 4) is 0 Å². The summed E-state index contributed by atoms with van der Waals surface area (Å²) < 4.78 is 23.8. The van der Waals surface area contributed by atoms with Gasteiger partial charge in [-0.25, -0.2) is 8.42 Å². The summed E-state index contributed by atoms with van der Waals surface area (Å²) >= 11 is 0. The molecule has 0 aromatic rings. The van der Waals surface area contributed by atoms with Crippen LogP contribution in [0.5, 0.6) is 0 Å². The van der Waals surface area contributed by atoms with Gasteiger partial charge in [0.15, 0.2) is 9.84 Å². The molecule has 6 heteroatoms. The third kappa shape index (κ3) is 5.48. The Kier molecular flexibility index (Phi) is 6.68. The van der Waals surface area contributed by atoms with Crippen LogP contribution in [0.4, 0.5) is 0 Å². The fourth-order valence-electron chi connectivity index (χ4n) is 3.74. The summed E-state index contributed by atoms with van der Waals surface area (Å²) in [7, 11) is -3.01. The lowest BCUT2D eigenvalue weighted by atomic mass is 9.94. The zero-order chi connectivity index (χ0) is 16.2. The maximum absolute atomic E-state index is 11.9. The maximum Gasteiger partial charge on any atom is 0.151 e. The predicted molar refractivity (Wildman–Crippen MR) is 89.7 cm³/mol. The van der Waals surface area contributed by atoms with Crippen LogP contribution >= 0.6 is 0 Å². The predicted octanol–water partition coefficient (Wildman–Crippen LogP) is 1.02. The minimum Gasteiger partial charge on any atom is -0.390 e. The monoisotopic (exact) mass is 332 g/mol. The van der Waals surface area contributed by atoms with Crippen LogP contribution in [0.2, 0.25) is 0 Å². The summed E-state index contributed by atoms with van der Waals surface area (Å²) in [4.78, 5) is 2.32. The lowest BCUT2D eigenvalue weighted by molar-refractivity contribution is 0.0877. The van der Waals surface area contributed by atoms with Crippen molar-refractivity contribution in [2.45, 2.75) is 62.8 Å². The number of rotatable bonds is 6. The number of nitrogens with one attached hydrogen (secondary N) is 1. The van der Waals surface area contributed by atoms with E-state index < -0.39 is 15.9 Å². The minimum atomic E-state index is -3.01. The highest BCUT2D eigenvalue weighted by molar-refractivity contribution is 7.91. The third-order valence-corrected chi connectivity index (χ3v) is 6.88. The second-order valence-corrected chi connectivity index (χ2v) is 9.57. The van der Waals surface area contributed by atoms with Crippen LogP contribution in [0, 0.1) is 5.92 Å². The molecule has 3 atom stereocenters. The van der Waals surface area contributed by atoms with Gasteiger partial charge in [-0.1, -0.05) is 19.8 Å². The first-order valence-electron chi connectivity index (χ1n) is 8.69. The highest BCUT2D eigenvalue weighted by atomic mass is 32.2. The molecule has 2 aliphatic rings. The molecular weight excluding hydrogens is 300 g/mol. The Morgan fingerprint density at radius 1 is 1.18 bits per heavy atom. The van der Waals surface area contributed by atoms with Crippen molar-refractivity contribution in [2.24, 2.45) is 5.92 Å². The summed E-state index contributed by atoms with van der Waals surface area (Å²) in [5.74, 6) is 0.796. The SMILES string of the molecule is CC1CCN(C[C@H](O)CN[C@H]2CCCC[C@@H]2S(C)(=O)=O)CC1. The summed E-state index contributed by atoms with van der Waals surface area (Å²) in [6, 6.07) is -0.000205. The molecule has 2 rings (SSSR count). The molecule has 2 fully saturated rings. The van der Waals surface area contributed by atoms with Gasteiger partial charge in [0.25, 0.3) is 0 Å². The molecule has 1 aliphatic heterocycles. The van der Waals surface area contributed by atoms with Crippen LogP contribution in [-0.2, 0) is 9.84 Å². The van der Waals surface area contributed by atoms with E-state index in [1.165, 1.54) is 19.1 Å². The third-order valence-electron chi connectivity index (χ3n) is 5.21. The number of piperidine rings is 1. The first-order valence-corrected chi connectivity index (χ1v) is 10.6. The van der Waals surface area contributed by atoms with Crippen molar-refractivity contribution in [3.63, 3.8) is 0 Å². The Morgan fingerprint density at radius 2 is 1.82 bits per heavy atom. The molecule has 0 unspecified atom stereocenters. The number of aliphatic hydroxyl groups is 1. The first-order chi connectivity index (χ1) is 10.4. The van der Waals surface area contributed by atoms with E-state index in [1.807, 2.05) is 0 Å². The number of aliphatic hydroxyl groups excluding tert-OH is 1. The molecule has 1 heterocycles. The van der Waals surface area contributed by atoms with Gasteiger partial charge in [0.05, 0.1) is 11.4 Å². The summed E-state index contributed by atoms with van der Waals surface area (Å²) in [6.45, 7) is 5.59. The Balaban J connectivity index is 1.76. The van der Waals surface area contributed by atoms with E-state index in [1.54, 1.807) is 0 Å². The summed E-state index contributed by atoms with van der Waals surface area (Å²) in [5, 5.41) is 13.3. The largest absolute Gasteiger partial charge is 0.390 e. The quantitative estimate of drug-likeness (QED) is 0.760. The normalized spacial score (nSPS) is 30.3. The van der Waals surface area contributed by atoms with Gasteiger partial charge in [0, 0.05) is 25.4 Å². The molecular formula is C16H32N2O3S. The van der Waals surface area contributed by atoms with Gasteiger partial charge in [0.1, 0.15) is 0 Å². The molecule has 0 aromatic heterocycles. The van der Waals surface area contributed by atoms with Crippen LogP contribution in [0.1, 0.15) is 45.4 Å². The highest BCUT2D eigenvalue weighted by Crippen LogP contribution is 2.24. The van der Waals surface area contributed by atoms with Gasteiger partial charge in [-0.3, -0.25) is 0 Å². The van der Waals surface area contributed by atoms with E-state index in [0.29, 0.717) is 13.1 Å². The topological polar surface area (TPSA) is 69.6 Å². The molecule has 0 spiro atoms. The highest BCUT2D eigenvalue weighted by Gasteiger charge is 2.32. The second kappa shape index (κ2) is 8.08. The lowest BCUT2D eigenvalue weighted by Crippen LogP contribution is -2.50. The average Bonchev–Trinajstić information content (AvgIpc) is 2.47. The van der Waals surface area contributed by atoms with Gasteiger partial charge in [-0.2, -0.15) is 0 Å². The van der Waals surface area contributed by atoms with Crippen LogP contribution < -0.4 is 5.32 Å². The molecule has 22 heavy (non-hydrogen) atoms. The Morgan fingerprint density at radius 3 is 2.45 bits per heavy atom. The molecule has 1 saturated carbocycles. The number of hydrogen-bond acceptors (Lipinski definition) is 5. The van der Waals surface area contributed by atoms with Crippen molar-refractivity contribution >= 4 is 9.84 Å². The van der Waals surface area contributed by atoms with Crippen molar-refractivity contribution in [1.82, 2.24) is 10.2 Å². The molecule has 0 radical (unpaired) electrons. The van der Waals surface area contributed by atoms with Gasteiger partial charge in [0.2, 0.25) is 0 Å². The lowest BCUT2D eigenvalue weighted by Gasteiger charge is -2.34. The van der Waals surface area contributed by atoms with E-state index in [9.17, 15) is 13.5 Å². The smallest absolute Gasteiger partial charge is 0.151 e. The van der Waals surface area contributed by atoms with Crippen molar-refractivity contribution in [3.05, 3.63) is 0 Å². The molecule has 2 N–H and O–H groups in total. The number of sulfone groups is 1. The fourth-order valence-corrected chi connectivity index (χ4v) is 5.16. The minimum absolute atomic E-state index is 0.000205. The standard InChI is InChI=1S/C16H32N2O3S/c1-13-7-9-18(10-8-13)12-14(19)11-17-15-5-3-4-6-16(15)22(2,20)21/h13-17,19H,3-12H2,1-2H3/t14-,15+,16+/m1/s1. The number of nitrogens with zero attached hydrogens (tertiary/aromatic N) is 1. The zero-order valence-corrected chi connectivity index (χ0v) is 14.8. The van der Waals surface area contributed by atoms with E-state index >= 15 is 0 Å². The Hall–Kier alpha value is -0.170.